The van der Waals surface area contributed by atoms with Gasteiger partial charge >= 0.3 is 5.97 Å². The Morgan fingerprint density at radius 1 is 1.14 bits per heavy atom. The highest BCUT2D eigenvalue weighted by Gasteiger charge is 2.80. The fraction of sp³-hybridized carbons (Fsp3) is 0.611. The third kappa shape index (κ3) is 1.94. The molecule has 0 unspecified atom stereocenters. The maximum atomic E-state index is 12.0. The molecule has 1 aliphatic carbocycles. The van der Waals surface area contributed by atoms with Crippen LogP contribution in [0.1, 0.15) is 44.4 Å². The first-order chi connectivity index (χ1) is 9.63. The zero-order chi connectivity index (χ0) is 16.1. The molecule has 1 saturated carbocycles. The summed E-state index contributed by atoms with van der Waals surface area (Å²) < 4.78 is 5.22. The number of carboxylic acid groups (broad SMARTS) is 1. The second-order valence-electron chi connectivity index (χ2n) is 7.27. The zero-order valence-electron chi connectivity index (χ0n) is 13.9. The lowest BCUT2D eigenvalue weighted by molar-refractivity contribution is -0.145. The maximum absolute atomic E-state index is 12.0. The summed E-state index contributed by atoms with van der Waals surface area (Å²) in [6, 6.07) is 6.08. The molecule has 0 atom stereocenters. The van der Waals surface area contributed by atoms with E-state index in [0.717, 1.165) is 16.7 Å². The van der Waals surface area contributed by atoms with Crippen molar-refractivity contribution >= 4 is 5.97 Å². The average molecular weight is 290 g/mol. The van der Waals surface area contributed by atoms with E-state index in [1.165, 1.54) is 0 Å². The van der Waals surface area contributed by atoms with Crippen LogP contribution in [0.2, 0.25) is 0 Å². The second-order valence-corrected chi connectivity index (χ2v) is 7.27. The zero-order valence-corrected chi connectivity index (χ0v) is 13.9. The van der Waals surface area contributed by atoms with Gasteiger partial charge in [-0.2, -0.15) is 0 Å². The summed E-state index contributed by atoms with van der Waals surface area (Å²) >= 11 is 0. The SMILES string of the molecule is COCc1cccc(CC2(C(=O)O)C(C)(C)C2(C)C)c1C. The number of ether oxygens (including phenoxy) is 1. The van der Waals surface area contributed by atoms with Crippen LogP contribution in [0.4, 0.5) is 0 Å². The van der Waals surface area contributed by atoms with Crippen LogP contribution in [-0.4, -0.2) is 18.2 Å². The van der Waals surface area contributed by atoms with Crippen molar-refractivity contribution < 1.29 is 14.6 Å². The molecule has 3 nitrogen and oxygen atoms in total. The molecule has 1 aliphatic rings. The van der Waals surface area contributed by atoms with Gasteiger partial charge in [0.15, 0.2) is 0 Å². The summed E-state index contributed by atoms with van der Waals surface area (Å²) in [4.78, 5) is 12.0. The van der Waals surface area contributed by atoms with E-state index in [4.69, 9.17) is 4.74 Å². The van der Waals surface area contributed by atoms with Crippen molar-refractivity contribution in [2.75, 3.05) is 7.11 Å². The molecule has 0 heterocycles. The van der Waals surface area contributed by atoms with Crippen LogP contribution in [0.25, 0.3) is 0 Å². The number of rotatable bonds is 5. The van der Waals surface area contributed by atoms with Gasteiger partial charge in [-0.25, -0.2) is 0 Å². The van der Waals surface area contributed by atoms with Crippen molar-refractivity contribution in [1.82, 2.24) is 0 Å². The van der Waals surface area contributed by atoms with E-state index in [9.17, 15) is 9.90 Å². The Morgan fingerprint density at radius 3 is 2.10 bits per heavy atom. The quantitative estimate of drug-likeness (QED) is 0.896. The summed E-state index contributed by atoms with van der Waals surface area (Å²) in [5.74, 6) is -0.686. The van der Waals surface area contributed by atoms with Gasteiger partial charge in [0.25, 0.3) is 0 Å². The molecular weight excluding hydrogens is 264 g/mol. The molecule has 116 valence electrons. The van der Waals surface area contributed by atoms with Crippen molar-refractivity contribution in [2.45, 2.75) is 47.6 Å². The number of benzene rings is 1. The first-order valence-corrected chi connectivity index (χ1v) is 7.43. The van der Waals surface area contributed by atoms with E-state index >= 15 is 0 Å². The molecule has 2 rings (SSSR count). The monoisotopic (exact) mass is 290 g/mol. The van der Waals surface area contributed by atoms with E-state index < -0.39 is 11.4 Å². The number of methoxy groups -OCH3 is 1. The van der Waals surface area contributed by atoms with Gasteiger partial charge < -0.3 is 9.84 Å². The highest BCUT2D eigenvalue weighted by Crippen LogP contribution is 2.79. The van der Waals surface area contributed by atoms with Crippen molar-refractivity contribution in [3.8, 4) is 0 Å². The van der Waals surface area contributed by atoms with Gasteiger partial charge in [-0.1, -0.05) is 45.9 Å². The van der Waals surface area contributed by atoms with Gasteiger partial charge in [-0.3, -0.25) is 4.79 Å². The molecule has 0 aromatic heterocycles. The van der Waals surface area contributed by atoms with Crippen LogP contribution in [-0.2, 0) is 22.6 Å². The van der Waals surface area contributed by atoms with Gasteiger partial charge in [-0.15, -0.1) is 0 Å². The first-order valence-electron chi connectivity index (χ1n) is 7.43. The van der Waals surface area contributed by atoms with E-state index in [2.05, 4.69) is 34.6 Å². The van der Waals surface area contributed by atoms with Crippen molar-refractivity contribution in [3.63, 3.8) is 0 Å². The Morgan fingerprint density at radius 2 is 1.67 bits per heavy atom. The molecule has 0 amide bonds. The van der Waals surface area contributed by atoms with E-state index in [-0.39, 0.29) is 10.8 Å². The summed E-state index contributed by atoms with van der Waals surface area (Å²) in [6.45, 7) is 10.9. The Kier molecular flexibility index (Phi) is 3.69. The molecule has 1 aromatic rings. The second kappa shape index (κ2) is 4.84. The lowest BCUT2D eigenvalue weighted by atomic mass is 9.84. The van der Waals surface area contributed by atoms with Crippen LogP contribution < -0.4 is 0 Å². The van der Waals surface area contributed by atoms with E-state index in [1.807, 2.05) is 18.2 Å². The normalized spacial score (nSPS) is 21.0. The van der Waals surface area contributed by atoms with Crippen molar-refractivity contribution in [2.24, 2.45) is 16.2 Å². The average Bonchev–Trinajstić information content (AvgIpc) is 2.73. The third-order valence-corrected chi connectivity index (χ3v) is 6.31. The van der Waals surface area contributed by atoms with Crippen LogP contribution in [0.15, 0.2) is 18.2 Å². The standard InChI is InChI=1S/C18H26O3/c1-12-13(8-7-9-14(12)11-21-6)10-18(15(19)20)16(2,3)17(18,4)5/h7-9H,10-11H2,1-6H3,(H,19,20). The molecule has 0 saturated heterocycles. The van der Waals surface area contributed by atoms with Crippen molar-refractivity contribution in [3.05, 3.63) is 34.9 Å². The summed E-state index contributed by atoms with van der Waals surface area (Å²) in [7, 11) is 1.68. The molecule has 1 fully saturated rings. The number of hydrogen-bond acceptors (Lipinski definition) is 2. The smallest absolute Gasteiger partial charge is 0.311 e. The van der Waals surface area contributed by atoms with E-state index in [1.54, 1.807) is 7.11 Å². The van der Waals surface area contributed by atoms with Gasteiger partial charge in [0.2, 0.25) is 0 Å². The Bertz CT molecular complexity index is 556. The van der Waals surface area contributed by atoms with Crippen LogP contribution in [0.5, 0.6) is 0 Å². The molecule has 1 N–H and O–H groups in total. The van der Waals surface area contributed by atoms with Gasteiger partial charge in [0, 0.05) is 7.11 Å². The maximum Gasteiger partial charge on any atom is 0.311 e. The molecule has 21 heavy (non-hydrogen) atoms. The predicted molar refractivity (Wildman–Crippen MR) is 83.2 cm³/mol. The lowest BCUT2D eigenvalue weighted by Gasteiger charge is -2.19. The molecule has 0 radical (unpaired) electrons. The molecular formula is C18H26O3. The van der Waals surface area contributed by atoms with Gasteiger partial charge in [-0.05, 0) is 40.9 Å². The predicted octanol–water partition coefficient (Wildman–Crippen LogP) is 3.82. The topological polar surface area (TPSA) is 46.5 Å². The number of hydrogen-bond donors (Lipinski definition) is 1. The first kappa shape index (κ1) is 16.0. The summed E-state index contributed by atoms with van der Waals surface area (Å²) in [5.41, 5.74) is 2.28. The van der Waals surface area contributed by atoms with Gasteiger partial charge in [0.1, 0.15) is 0 Å². The molecule has 0 spiro atoms. The van der Waals surface area contributed by atoms with Crippen LogP contribution in [0.3, 0.4) is 0 Å². The minimum Gasteiger partial charge on any atom is -0.481 e. The summed E-state index contributed by atoms with van der Waals surface area (Å²) in [6.07, 6.45) is 0.575. The number of carboxylic acids is 1. The van der Waals surface area contributed by atoms with Gasteiger partial charge in [0.05, 0.1) is 12.0 Å². The molecule has 0 bridgehead atoms. The Hall–Kier alpha value is -1.35. The van der Waals surface area contributed by atoms with Crippen LogP contribution >= 0.6 is 0 Å². The fourth-order valence-corrected chi connectivity index (χ4v) is 4.01. The highest BCUT2D eigenvalue weighted by atomic mass is 16.5. The Balaban J connectivity index is 2.42. The lowest BCUT2D eigenvalue weighted by Crippen LogP contribution is -2.26. The molecule has 1 aromatic carbocycles. The number of carbonyl (C=O) groups is 1. The highest BCUT2D eigenvalue weighted by molar-refractivity contribution is 5.82. The van der Waals surface area contributed by atoms with Crippen LogP contribution in [0, 0.1) is 23.2 Å². The summed E-state index contributed by atoms with van der Waals surface area (Å²) in [5, 5.41) is 9.88. The van der Waals surface area contributed by atoms with E-state index in [0.29, 0.717) is 13.0 Å². The number of aliphatic carboxylic acids is 1. The fourth-order valence-electron chi connectivity index (χ4n) is 4.01. The van der Waals surface area contributed by atoms with Crippen molar-refractivity contribution in [1.29, 1.82) is 0 Å². The largest absolute Gasteiger partial charge is 0.481 e. The molecule has 0 aliphatic heterocycles. The minimum atomic E-state index is -0.698. The molecule has 3 heteroatoms. The Labute approximate surface area is 127 Å². The minimum absolute atomic E-state index is 0.213. The third-order valence-electron chi connectivity index (χ3n) is 6.31.